The molecule has 1 unspecified atom stereocenters. The molecule has 160 valence electrons. The van der Waals surface area contributed by atoms with Gasteiger partial charge >= 0.3 is 0 Å². The second-order valence-electron chi connectivity index (χ2n) is 11.4. The Morgan fingerprint density at radius 3 is 2.62 bits per heavy atom. The highest BCUT2D eigenvalue weighted by atomic mass is 16.1. The van der Waals surface area contributed by atoms with Crippen LogP contribution in [0.15, 0.2) is 24.3 Å². The minimum absolute atomic E-state index is 0.172. The molecule has 0 saturated heterocycles. The Morgan fingerprint density at radius 1 is 1.14 bits per heavy atom. The standard InChI is InChI=1S/C27H40O2/c1-6-17(2)15-25(29)18(3)22-9-10-23-21-8-7-19-16-20(28)11-13-26(19,4)24(21)12-14-27(22,23)5/h6,16-18,21-24H,1,7-15H2,2-5H3/t17-,18-,21-,22?,23-,24-,26-,27+/m0/s1. The lowest BCUT2D eigenvalue weighted by atomic mass is 9.46. The first kappa shape index (κ1) is 21.1. The Hall–Kier alpha value is -1.18. The fourth-order valence-electron chi connectivity index (χ4n) is 8.23. The van der Waals surface area contributed by atoms with Gasteiger partial charge in [0.1, 0.15) is 5.78 Å². The summed E-state index contributed by atoms with van der Waals surface area (Å²) in [5.74, 6) is 4.05. The summed E-state index contributed by atoms with van der Waals surface area (Å²) in [5, 5.41) is 0. The molecule has 2 nitrogen and oxygen atoms in total. The summed E-state index contributed by atoms with van der Waals surface area (Å²) in [7, 11) is 0. The Balaban J connectivity index is 1.54. The summed E-state index contributed by atoms with van der Waals surface area (Å²) < 4.78 is 0. The van der Waals surface area contributed by atoms with E-state index in [4.69, 9.17) is 0 Å². The molecule has 0 aliphatic heterocycles. The lowest BCUT2D eigenvalue weighted by molar-refractivity contribution is -0.128. The summed E-state index contributed by atoms with van der Waals surface area (Å²) in [6.45, 7) is 13.1. The van der Waals surface area contributed by atoms with E-state index < -0.39 is 0 Å². The van der Waals surface area contributed by atoms with Crippen molar-refractivity contribution in [2.45, 2.75) is 85.5 Å². The highest BCUT2D eigenvalue weighted by molar-refractivity contribution is 5.91. The molecule has 29 heavy (non-hydrogen) atoms. The maximum atomic E-state index is 13.0. The number of hydrogen-bond donors (Lipinski definition) is 0. The number of carbonyl (C=O) groups excluding carboxylic acids is 2. The summed E-state index contributed by atoms with van der Waals surface area (Å²) >= 11 is 0. The van der Waals surface area contributed by atoms with Crippen molar-refractivity contribution in [1.82, 2.24) is 0 Å². The van der Waals surface area contributed by atoms with E-state index >= 15 is 0 Å². The van der Waals surface area contributed by atoms with Crippen LogP contribution in [-0.2, 0) is 9.59 Å². The number of fused-ring (bicyclic) bond motifs is 5. The predicted octanol–water partition coefficient (Wildman–Crippen LogP) is 6.55. The molecule has 8 atom stereocenters. The molecule has 0 N–H and O–H groups in total. The van der Waals surface area contributed by atoms with Crippen molar-refractivity contribution in [2.75, 3.05) is 0 Å². The van der Waals surface area contributed by atoms with Gasteiger partial charge in [0.2, 0.25) is 0 Å². The zero-order valence-corrected chi connectivity index (χ0v) is 19.0. The molecular weight excluding hydrogens is 356 g/mol. The van der Waals surface area contributed by atoms with Gasteiger partial charge in [-0.3, -0.25) is 9.59 Å². The van der Waals surface area contributed by atoms with Crippen LogP contribution in [0.4, 0.5) is 0 Å². The number of allylic oxidation sites excluding steroid dienone is 2. The van der Waals surface area contributed by atoms with Crippen LogP contribution in [0.3, 0.4) is 0 Å². The Bertz CT molecular complexity index is 733. The summed E-state index contributed by atoms with van der Waals surface area (Å²) in [6, 6.07) is 0. The molecule has 3 saturated carbocycles. The Labute approximate surface area is 177 Å². The second-order valence-corrected chi connectivity index (χ2v) is 11.4. The van der Waals surface area contributed by atoms with E-state index in [1.165, 1.54) is 37.7 Å². The van der Waals surface area contributed by atoms with Gasteiger partial charge in [0.15, 0.2) is 5.78 Å². The van der Waals surface area contributed by atoms with Crippen molar-refractivity contribution in [2.24, 2.45) is 46.3 Å². The Kier molecular flexibility index (Phi) is 5.45. The first-order valence-electron chi connectivity index (χ1n) is 12.1. The molecule has 0 aromatic heterocycles. The molecular formula is C27H40O2. The lowest BCUT2D eigenvalue weighted by Gasteiger charge is -2.58. The molecule has 0 heterocycles. The van der Waals surface area contributed by atoms with Crippen molar-refractivity contribution in [1.29, 1.82) is 0 Å². The van der Waals surface area contributed by atoms with Crippen molar-refractivity contribution < 1.29 is 9.59 Å². The largest absolute Gasteiger partial charge is 0.299 e. The third kappa shape index (κ3) is 3.29. The summed E-state index contributed by atoms with van der Waals surface area (Å²) in [4.78, 5) is 25.0. The van der Waals surface area contributed by atoms with Gasteiger partial charge < -0.3 is 0 Å². The minimum atomic E-state index is 0.172. The molecule has 0 spiro atoms. The van der Waals surface area contributed by atoms with E-state index in [0.717, 1.165) is 37.0 Å². The first-order valence-corrected chi connectivity index (χ1v) is 12.1. The maximum absolute atomic E-state index is 13.0. The van der Waals surface area contributed by atoms with Gasteiger partial charge in [-0.15, -0.1) is 6.58 Å². The van der Waals surface area contributed by atoms with E-state index in [-0.39, 0.29) is 17.3 Å². The quantitative estimate of drug-likeness (QED) is 0.494. The van der Waals surface area contributed by atoms with E-state index in [2.05, 4.69) is 34.3 Å². The fourth-order valence-corrected chi connectivity index (χ4v) is 8.23. The topological polar surface area (TPSA) is 34.1 Å². The van der Waals surface area contributed by atoms with Crippen molar-refractivity contribution in [3.05, 3.63) is 24.3 Å². The molecule has 4 aliphatic rings. The molecule has 3 fully saturated rings. The van der Waals surface area contributed by atoms with E-state index in [0.29, 0.717) is 29.3 Å². The molecule has 4 rings (SSSR count). The first-order chi connectivity index (χ1) is 13.7. The van der Waals surface area contributed by atoms with Crippen molar-refractivity contribution in [3.8, 4) is 0 Å². The zero-order chi connectivity index (χ0) is 21.0. The lowest BCUT2D eigenvalue weighted by Crippen LogP contribution is -2.51. The molecule has 0 aromatic carbocycles. The molecule has 0 bridgehead atoms. The highest BCUT2D eigenvalue weighted by Crippen LogP contribution is 2.67. The van der Waals surface area contributed by atoms with E-state index in [1.54, 1.807) is 0 Å². The third-order valence-electron chi connectivity index (χ3n) is 10.1. The number of rotatable bonds is 5. The predicted molar refractivity (Wildman–Crippen MR) is 118 cm³/mol. The number of carbonyl (C=O) groups is 2. The van der Waals surface area contributed by atoms with Gasteiger partial charge in [-0.2, -0.15) is 0 Å². The van der Waals surface area contributed by atoms with E-state index in [1.807, 2.05) is 12.2 Å². The molecule has 0 radical (unpaired) electrons. The van der Waals surface area contributed by atoms with Crippen LogP contribution in [-0.4, -0.2) is 11.6 Å². The van der Waals surface area contributed by atoms with Gasteiger partial charge in [-0.1, -0.05) is 39.3 Å². The number of Topliss-reactive ketones (excluding diaryl/α,β-unsaturated/α-hetero) is 1. The van der Waals surface area contributed by atoms with Crippen LogP contribution in [0.1, 0.15) is 85.5 Å². The Morgan fingerprint density at radius 2 is 1.90 bits per heavy atom. The average Bonchev–Trinajstić information content (AvgIpc) is 3.04. The van der Waals surface area contributed by atoms with Gasteiger partial charge in [0, 0.05) is 18.8 Å². The van der Waals surface area contributed by atoms with Crippen LogP contribution < -0.4 is 0 Å². The number of hydrogen-bond acceptors (Lipinski definition) is 2. The van der Waals surface area contributed by atoms with Crippen LogP contribution in [0.2, 0.25) is 0 Å². The third-order valence-corrected chi connectivity index (χ3v) is 10.1. The normalized spacial score (nSPS) is 43.4. The summed E-state index contributed by atoms with van der Waals surface area (Å²) in [5.41, 5.74) is 2.02. The zero-order valence-electron chi connectivity index (χ0n) is 19.0. The van der Waals surface area contributed by atoms with Crippen molar-refractivity contribution >= 4 is 11.6 Å². The second kappa shape index (κ2) is 7.50. The van der Waals surface area contributed by atoms with Crippen LogP contribution >= 0.6 is 0 Å². The van der Waals surface area contributed by atoms with Gasteiger partial charge in [0.05, 0.1) is 0 Å². The van der Waals surface area contributed by atoms with Crippen LogP contribution in [0.25, 0.3) is 0 Å². The maximum Gasteiger partial charge on any atom is 0.155 e. The van der Waals surface area contributed by atoms with E-state index in [9.17, 15) is 9.59 Å². The summed E-state index contributed by atoms with van der Waals surface area (Å²) in [6.07, 6.45) is 13.8. The smallest absolute Gasteiger partial charge is 0.155 e. The van der Waals surface area contributed by atoms with Crippen LogP contribution in [0, 0.1) is 46.3 Å². The van der Waals surface area contributed by atoms with Gasteiger partial charge in [0.25, 0.3) is 0 Å². The van der Waals surface area contributed by atoms with Gasteiger partial charge in [-0.05, 0) is 91.4 Å². The molecule has 2 heteroatoms. The molecule has 0 aromatic rings. The average molecular weight is 397 g/mol. The van der Waals surface area contributed by atoms with Crippen LogP contribution in [0.5, 0.6) is 0 Å². The molecule has 0 amide bonds. The van der Waals surface area contributed by atoms with Gasteiger partial charge in [-0.25, -0.2) is 0 Å². The highest BCUT2D eigenvalue weighted by Gasteiger charge is 2.59. The number of ketones is 2. The minimum Gasteiger partial charge on any atom is -0.299 e. The monoisotopic (exact) mass is 396 g/mol. The molecule has 4 aliphatic carbocycles. The fraction of sp³-hybridized carbons (Fsp3) is 0.778. The SMILES string of the molecule is C=C[C@H](C)CC(=O)[C@@H](C)C1CC[C@H]2[C@@H]3CCC4=CC(=O)CC[C@]4(C)[C@H]3CC[C@]12C. The van der Waals surface area contributed by atoms with Crippen molar-refractivity contribution in [3.63, 3.8) is 0 Å².